The number of rotatable bonds is 22. The van der Waals surface area contributed by atoms with Gasteiger partial charge in [-0.05, 0) is 299 Å². The predicted octanol–water partition coefficient (Wildman–Crippen LogP) is 21.4. The van der Waals surface area contributed by atoms with Crippen molar-refractivity contribution in [1.82, 2.24) is 0 Å². The second-order valence-corrected chi connectivity index (χ2v) is 34.8. The van der Waals surface area contributed by atoms with Crippen LogP contribution in [0.1, 0.15) is 241 Å². The van der Waals surface area contributed by atoms with E-state index in [1.165, 1.54) is 95.6 Å². The van der Waals surface area contributed by atoms with Crippen LogP contribution in [0.2, 0.25) is 0 Å². The highest BCUT2D eigenvalue weighted by atomic mass is 16.5. The van der Waals surface area contributed by atoms with Crippen molar-refractivity contribution >= 4 is 46.8 Å². The summed E-state index contributed by atoms with van der Waals surface area (Å²) in [6.45, 7) is 34.5. The molecule has 12 heteroatoms. The molecular weight excluding hydrogens is 1300 g/mol. The van der Waals surface area contributed by atoms with E-state index in [-0.39, 0.29) is 48.2 Å². The summed E-state index contributed by atoms with van der Waals surface area (Å²) in [5.41, 5.74) is 32.1. The maximum Gasteiger partial charge on any atom is 0.331 e. The maximum absolute atomic E-state index is 12.8. The SMILES string of the molecule is CCOc1ccc(/C=C/C(=O)OC2CCC3(C)C(=CCC4C3CCC3(C)C(C(C)/C=C/C(CC)C(C)C)CCC43)C2)cc1CO.CCOc1ccc(/C=C/C(=O)OC2CCC3(C)C(=CCC4C3CCC3(C)C(C(C)CCC(C)C(C)C)CCC43)C2)cc1CO.Nc1cccc(N)c1.Nc1cccc(N)c1. The Morgan fingerprint density at radius 1 is 0.514 bits per heavy atom. The minimum absolute atomic E-state index is 0.0462. The summed E-state index contributed by atoms with van der Waals surface area (Å²) in [7, 11) is 0. The second-order valence-electron chi connectivity index (χ2n) is 34.8. The van der Waals surface area contributed by atoms with Crippen LogP contribution in [0.5, 0.6) is 11.5 Å². The number of hydrogen-bond donors (Lipinski definition) is 6. The van der Waals surface area contributed by atoms with Crippen molar-refractivity contribution in [3.63, 3.8) is 0 Å². The number of benzene rings is 4. The van der Waals surface area contributed by atoms with Crippen molar-refractivity contribution in [1.29, 1.82) is 0 Å². The molecule has 12 nitrogen and oxygen atoms in total. The summed E-state index contributed by atoms with van der Waals surface area (Å²) < 4.78 is 23.2. The van der Waals surface area contributed by atoms with E-state index in [1.54, 1.807) is 59.7 Å². The topological polar surface area (TPSA) is 216 Å². The molecule has 0 amide bonds. The van der Waals surface area contributed by atoms with Gasteiger partial charge in [-0.2, -0.15) is 0 Å². The fourth-order valence-electron chi connectivity index (χ4n) is 21.8. The summed E-state index contributed by atoms with van der Waals surface area (Å²) in [6, 6.07) is 25.5. The summed E-state index contributed by atoms with van der Waals surface area (Å²) in [5, 5.41) is 19.4. The number of nitrogens with two attached hydrogens (primary N) is 4. The van der Waals surface area contributed by atoms with Crippen molar-refractivity contribution in [3.05, 3.63) is 155 Å². The molecule has 105 heavy (non-hydrogen) atoms. The van der Waals surface area contributed by atoms with Crippen LogP contribution in [0.3, 0.4) is 0 Å². The molecule has 0 spiro atoms. The van der Waals surface area contributed by atoms with Gasteiger partial charge in [0.1, 0.15) is 23.7 Å². The van der Waals surface area contributed by atoms with Gasteiger partial charge in [0.15, 0.2) is 0 Å². The van der Waals surface area contributed by atoms with Gasteiger partial charge in [-0.25, -0.2) is 9.59 Å². The highest BCUT2D eigenvalue weighted by Crippen LogP contribution is 2.69. The Hall–Kier alpha value is -6.76. The molecule has 12 rings (SSSR count). The number of ether oxygens (including phenoxy) is 4. The van der Waals surface area contributed by atoms with Crippen LogP contribution < -0.4 is 32.4 Å². The number of nitrogen functional groups attached to an aromatic ring is 4. The second kappa shape index (κ2) is 36.9. The molecule has 4 aromatic carbocycles. The smallest absolute Gasteiger partial charge is 0.331 e. The number of aliphatic hydroxyl groups is 2. The first-order chi connectivity index (χ1) is 50.1. The first kappa shape index (κ1) is 82.3. The zero-order chi connectivity index (χ0) is 76.0. The fourth-order valence-corrected chi connectivity index (χ4v) is 21.8. The van der Waals surface area contributed by atoms with E-state index in [2.05, 4.69) is 107 Å². The highest BCUT2D eigenvalue weighted by molar-refractivity contribution is 5.88. The van der Waals surface area contributed by atoms with E-state index in [1.807, 2.05) is 62.4 Å². The number of aliphatic hydroxyl groups excluding tert-OH is 2. The lowest BCUT2D eigenvalue weighted by Gasteiger charge is -2.58. The van der Waals surface area contributed by atoms with Crippen LogP contribution in [0.15, 0.2) is 133 Å². The molecule has 8 aliphatic carbocycles. The molecule has 18 unspecified atom stereocenters. The summed E-state index contributed by atoms with van der Waals surface area (Å²) >= 11 is 0. The zero-order valence-corrected chi connectivity index (χ0v) is 66.9. The molecule has 6 fully saturated rings. The Bertz CT molecular complexity index is 3580. The first-order valence-corrected chi connectivity index (χ1v) is 40.9. The lowest BCUT2D eigenvalue weighted by molar-refractivity contribution is -0.146. The van der Waals surface area contributed by atoms with E-state index >= 15 is 0 Å². The van der Waals surface area contributed by atoms with Crippen molar-refractivity contribution < 1.29 is 38.7 Å². The van der Waals surface area contributed by atoms with Crippen LogP contribution in [0.25, 0.3) is 12.2 Å². The first-order valence-electron chi connectivity index (χ1n) is 40.9. The number of carbonyl (C=O) groups is 2. The van der Waals surface area contributed by atoms with Crippen molar-refractivity contribution in [2.45, 2.75) is 244 Å². The van der Waals surface area contributed by atoms with Gasteiger partial charge in [-0.3, -0.25) is 0 Å². The number of fused-ring (bicyclic) bond motifs is 10. The Kier molecular flexibility index (Phi) is 28.9. The Morgan fingerprint density at radius 3 is 1.34 bits per heavy atom. The Morgan fingerprint density at radius 2 is 0.952 bits per heavy atom. The van der Waals surface area contributed by atoms with Crippen LogP contribution in [-0.4, -0.2) is 47.6 Å². The molecular formula is C93H136N4O8. The molecule has 0 aliphatic heterocycles. The van der Waals surface area contributed by atoms with Crippen molar-refractivity contribution in [2.75, 3.05) is 36.1 Å². The van der Waals surface area contributed by atoms with E-state index < -0.39 is 0 Å². The van der Waals surface area contributed by atoms with E-state index in [9.17, 15) is 19.8 Å². The van der Waals surface area contributed by atoms with Crippen LogP contribution in [0.4, 0.5) is 22.7 Å². The van der Waals surface area contributed by atoms with E-state index in [4.69, 9.17) is 41.9 Å². The van der Waals surface area contributed by atoms with E-state index in [0.29, 0.717) is 76.0 Å². The summed E-state index contributed by atoms with van der Waals surface area (Å²) in [5.74, 6) is 11.8. The third-order valence-corrected chi connectivity index (χ3v) is 28.1. The minimum atomic E-state index is -0.287. The molecule has 0 saturated heterocycles. The number of esters is 2. The maximum atomic E-state index is 12.8. The van der Waals surface area contributed by atoms with Gasteiger partial charge in [-0.1, -0.05) is 156 Å². The Balaban J connectivity index is 0.000000200. The normalized spacial score (nSPS) is 30.5. The highest BCUT2D eigenvalue weighted by Gasteiger charge is 2.61. The van der Waals surface area contributed by atoms with Crippen molar-refractivity contribution in [3.8, 4) is 11.5 Å². The van der Waals surface area contributed by atoms with Gasteiger partial charge < -0.3 is 52.1 Å². The number of allylic oxidation sites excluding steroid dienone is 4. The van der Waals surface area contributed by atoms with Crippen molar-refractivity contribution in [2.24, 2.45) is 105 Å². The minimum Gasteiger partial charge on any atom is -0.494 e. The monoisotopic (exact) mass is 1440 g/mol. The zero-order valence-electron chi connectivity index (χ0n) is 66.9. The molecule has 8 aliphatic rings. The molecule has 18 atom stereocenters. The largest absolute Gasteiger partial charge is 0.494 e. The van der Waals surface area contributed by atoms with Crippen LogP contribution >= 0.6 is 0 Å². The van der Waals surface area contributed by atoms with Gasteiger partial charge in [0.2, 0.25) is 0 Å². The Labute approximate surface area is 633 Å². The quantitative estimate of drug-likeness (QED) is 0.0188. The van der Waals surface area contributed by atoms with E-state index in [0.717, 1.165) is 126 Å². The van der Waals surface area contributed by atoms with Gasteiger partial charge in [0, 0.05) is 58.9 Å². The summed E-state index contributed by atoms with van der Waals surface area (Å²) in [4.78, 5) is 25.7. The number of carbonyl (C=O) groups excluding carboxylic acids is 2. The lowest BCUT2D eigenvalue weighted by atomic mass is 9.47. The molecule has 0 radical (unpaired) electrons. The van der Waals surface area contributed by atoms with Crippen LogP contribution in [-0.2, 0) is 32.3 Å². The van der Waals surface area contributed by atoms with Gasteiger partial charge >= 0.3 is 11.9 Å². The molecule has 0 aromatic heterocycles. The third kappa shape index (κ3) is 19.8. The summed E-state index contributed by atoms with van der Waals surface area (Å²) in [6.07, 6.45) is 40.1. The van der Waals surface area contributed by atoms with Gasteiger partial charge in [0.05, 0.1) is 26.4 Å². The standard InChI is InChI=1S/C41H60O4.C40H60O4.2C6H8N2/c1-8-30(27(3)4)13-10-28(5)35-16-17-36-34-15-14-32-25-33(20-22-40(32,6)37(34)21-23-41(35,36)7)45-39(43)19-12-29-11-18-38(44-9-2)31(24-29)26-42;1-8-43-37-17-11-29(23-30(37)25-41)12-18-38(42)44-32-19-21-39(6)31(24-32)13-14-33-35-16-15-34(40(35,7)22-20-36(33)39)28(5)10-9-27(4)26(2)3;2*7-5-2-1-3-6(8)4-5/h10-14,18-19,24,27-28,30,33-37,42H,8-9,15-17,20-23,25-26H2,1-7H3;11-13,17-18,23,26-28,32-36,41H,8-10,14-16,19-22,24-25H2,1-7H3;2*1-4H,7-8H2/b13-10+,19-12+;18-12+;;. The average Bonchev–Trinajstić information content (AvgIpc) is 1.68. The fraction of sp³-hybridized carbons (Fsp3) is 0.613. The predicted molar refractivity (Wildman–Crippen MR) is 435 cm³/mol. The number of anilines is 4. The van der Waals surface area contributed by atoms with Gasteiger partial charge in [0.25, 0.3) is 0 Å². The molecule has 10 N–H and O–H groups in total. The molecule has 576 valence electrons. The third-order valence-electron chi connectivity index (χ3n) is 28.1. The number of hydrogen-bond acceptors (Lipinski definition) is 12. The lowest BCUT2D eigenvalue weighted by Crippen LogP contribution is -2.51. The molecule has 0 heterocycles. The molecule has 6 saturated carbocycles. The van der Waals surface area contributed by atoms with Gasteiger partial charge in [-0.15, -0.1) is 0 Å². The van der Waals surface area contributed by atoms with Crippen LogP contribution in [0, 0.1) is 105 Å². The molecule has 4 aromatic rings. The molecule has 0 bridgehead atoms. The average molecular weight is 1440 g/mol.